The summed E-state index contributed by atoms with van der Waals surface area (Å²) in [5.74, 6) is 0.455. The number of hydrogen-bond donors (Lipinski definition) is 2. The van der Waals surface area contributed by atoms with E-state index in [9.17, 15) is 4.79 Å². The number of piperidine rings is 1. The highest BCUT2D eigenvalue weighted by Gasteiger charge is 2.27. The van der Waals surface area contributed by atoms with E-state index in [2.05, 4.69) is 10.2 Å². The molecule has 2 aliphatic rings. The fourth-order valence-electron chi connectivity index (χ4n) is 3.11. The summed E-state index contributed by atoms with van der Waals surface area (Å²) in [6.07, 6.45) is 4.59. The van der Waals surface area contributed by atoms with Crippen molar-refractivity contribution < 1.29 is 9.53 Å². The lowest BCUT2D eigenvalue weighted by Gasteiger charge is -2.36. The number of ether oxygens (including phenoxy) is 1. The Balaban J connectivity index is 1.68. The Morgan fingerprint density at radius 3 is 2.68 bits per heavy atom. The van der Waals surface area contributed by atoms with E-state index in [1.165, 1.54) is 0 Å². The minimum atomic E-state index is -0.186. The quantitative estimate of drug-likeness (QED) is 0.730. The van der Waals surface area contributed by atoms with Crippen molar-refractivity contribution in [2.24, 2.45) is 11.7 Å². The van der Waals surface area contributed by atoms with E-state index < -0.39 is 0 Å². The number of amides is 1. The van der Waals surface area contributed by atoms with Gasteiger partial charge in [0, 0.05) is 13.2 Å². The Hall–Kier alpha value is -0.650. The third kappa shape index (κ3) is 4.16. The molecule has 0 aromatic rings. The van der Waals surface area contributed by atoms with E-state index in [0.717, 1.165) is 58.5 Å². The molecule has 2 saturated heterocycles. The molecule has 110 valence electrons. The lowest BCUT2D eigenvalue weighted by Crippen LogP contribution is -2.48. The Morgan fingerprint density at radius 1 is 1.42 bits per heavy atom. The van der Waals surface area contributed by atoms with Gasteiger partial charge in [-0.25, -0.2) is 0 Å². The zero-order chi connectivity index (χ0) is 13.7. The number of carbonyl (C=O) groups excluding carboxylic acids is 1. The second-order valence-electron chi connectivity index (χ2n) is 5.75. The summed E-state index contributed by atoms with van der Waals surface area (Å²) in [6, 6.07) is -0.0825. The molecule has 2 unspecified atom stereocenters. The van der Waals surface area contributed by atoms with Gasteiger partial charge in [-0.1, -0.05) is 6.92 Å². The highest BCUT2D eigenvalue weighted by atomic mass is 16.5. The number of rotatable bonds is 6. The first-order valence-corrected chi connectivity index (χ1v) is 7.56. The van der Waals surface area contributed by atoms with Crippen LogP contribution in [-0.4, -0.2) is 55.7 Å². The average molecular weight is 269 g/mol. The number of nitrogens with one attached hydrogen (secondary N) is 1. The van der Waals surface area contributed by atoms with Crippen molar-refractivity contribution in [1.82, 2.24) is 10.2 Å². The highest BCUT2D eigenvalue weighted by Crippen LogP contribution is 2.21. The van der Waals surface area contributed by atoms with Crippen LogP contribution in [0.1, 0.15) is 32.6 Å². The summed E-state index contributed by atoms with van der Waals surface area (Å²) in [7, 11) is 0. The molecule has 0 spiro atoms. The standard InChI is InChI=1S/C14H27N3O2/c1-2-13(14(15)18)17-7-4-11(5-8-17)10-19-12-3-6-16-9-12/h11-13,16H,2-10H2,1H3,(H2,15,18). The first kappa shape index (κ1) is 14.8. The van der Waals surface area contributed by atoms with Crippen LogP contribution in [0.15, 0.2) is 0 Å². The molecule has 0 aromatic carbocycles. The van der Waals surface area contributed by atoms with Crippen molar-refractivity contribution in [1.29, 1.82) is 0 Å². The van der Waals surface area contributed by atoms with Gasteiger partial charge in [0.25, 0.3) is 0 Å². The zero-order valence-corrected chi connectivity index (χ0v) is 11.9. The van der Waals surface area contributed by atoms with Gasteiger partial charge in [0.05, 0.1) is 12.1 Å². The predicted molar refractivity (Wildman–Crippen MR) is 74.8 cm³/mol. The molecule has 5 nitrogen and oxygen atoms in total. The fraction of sp³-hybridized carbons (Fsp3) is 0.929. The topological polar surface area (TPSA) is 67.6 Å². The molecule has 19 heavy (non-hydrogen) atoms. The van der Waals surface area contributed by atoms with Gasteiger partial charge in [-0.2, -0.15) is 0 Å². The van der Waals surface area contributed by atoms with Gasteiger partial charge in [0.2, 0.25) is 5.91 Å². The van der Waals surface area contributed by atoms with Crippen LogP contribution in [0, 0.1) is 5.92 Å². The van der Waals surface area contributed by atoms with Crippen molar-refractivity contribution >= 4 is 5.91 Å². The van der Waals surface area contributed by atoms with Crippen LogP contribution in [0.2, 0.25) is 0 Å². The van der Waals surface area contributed by atoms with Crippen LogP contribution < -0.4 is 11.1 Å². The van der Waals surface area contributed by atoms with Crippen LogP contribution >= 0.6 is 0 Å². The van der Waals surface area contributed by atoms with Gasteiger partial charge in [-0.3, -0.25) is 9.69 Å². The second-order valence-corrected chi connectivity index (χ2v) is 5.75. The Kier molecular flexibility index (Phi) is 5.60. The summed E-state index contributed by atoms with van der Waals surface area (Å²) in [5, 5.41) is 3.32. The normalized spacial score (nSPS) is 27.5. The molecular weight excluding hydrogens is 242 g/mol. The Labute approximate surface area is 115 Å². The molecule has 1 amide bonds. The molecule has 2 aliphatic heterocycles. The number of likely N-dealkylation sites (tertiary alicyclic amines) is 1. The summed E-state index contributed by atoms with van der Waals surface area (Å²) in [6.45, 7) is 6.92. The van der Waals surface area contributed by atoms with E-state index in [1.54, 1.807) is 0 Å². The molecule has 0 saturated carbocycles. The van der Waals surface area contributed by atoms with Crippen LogP contribution in [-0.2, 0) is 9.53 Å². The van der Waals surface area contributed by atoms with E-state index >= 15 is 0 Å². The predicted octanol–water partition coefficient (Wildman–Crippen LogP) is 0.341. The van der Waals surface area contributed by atoms with Crippen molar-refractivity contribution in [2.45, 2.75) is 44.8 Å². The summed E-state index contributed by atoms with van der Waals surface area (Å²) < 4.78 is 5.94. The molecule has 0 bridgehead atoms. The third-order valence-electron chi connectivity index (χ3n) is 4.39. The SMILES string of the molecule is CCC(C(N)=O)N1CCC(COC2CCNC2)CC1. The van der Waals surface area contributed by atoms with Crippen molar-refractivity contribution in [2.75, 3.05) is 32.8 Å². The largest absolute Gasteiger partial charge is 0.377 e. The van der Waals surface area contributed by atoms with Gasteiger partial charge >= 0.3 is 0 Å². The number of nitrogens with zero attached hydrogens (tertiary/aromatic N) is 1. The maximum absolute atomic E-state index is 11.4. The van der Waals surface area contributed by atoms with Gasteiger partial charge in [-0.05, 0) is 51.2 Å². The lowest BCUT2D eigenvalue weighted by atomic mass is 9.96. The molecule has 2 atom stereocenters. The molecule has 2 rings (SSSR count). The molecule has 0 radical (unpaired) electrons. The molecular formula is C14H27N3O2. The van der Waals surface area contributed by atoms with E-state index in [0.29, 0.717) is 12.0 Å². The van der Waals surface area contributed by atoms with Crippen molar-refractivity contribution in [3.8, 4) is 0 Å². The van der Waals surface area contributed by atoms with Crippen LogP contribution in [0.4, 0.5) is 0 Å². The lowest BCUT2D eigenvalue weighted by molar-refractivity contribution is -0.124. The number of nitrogens with two attached hydrogens (primary N) is 1. The molecule has 5 heteroatoms. The fourth-order valence-corrected chi connectivity index (χ4v) is 3.11. The number of hydrogen-bond acceptors (Lipinski definition) is 4. The maximum atomic E-state index is 11.4. The van der Waals surface area contributed by atoms with Crippen molar-refractivity contribution in [3.05, 3.63) is 0 Å². The maximum Gasteiger partial charge on any atom is 0.234 e. The smallest absolute Gasteiger partial charge is 0.234 e. The van der Waals surface area contributed by atoms with E-state index in [-0.39, 0.29) is 11.9 Å². The Bertz CT molecular complexity index is 284. The number of carbonyl (C=O) groups is 1. The number of primary amides is 1. The second kappa shape index (κ2) is 7.22. The third-order valence-corrected chi connectivity index (χ3v) is 4.39. The van der Waals surface area contributed by atoms with Crippen LogP contribution in [0.25, 0.3) is 0 Å². The van der Waals surface area contributed by atoms with Crippen LogP contribution in [0.5, 0.6) is 0 Å². The van der Waals surface area contributed by atoms with Gasteiger partial charge in [0.15, 0.2) is 0 Å². The van der Waals surface area contributed by atoms with Crippen molar-refractivity contribution in [3.63, 3.8) is 0 Å². The molecule has 0 aliphatic carbocycles. The van der Waals surface area contributed by atoms with E-state index in [1.807, 2.05) is 6.92 Å². The minimum Gasteiger partial charge on any atom is -0.377 e. The van der Waals surface area contributed by atoms with Gasteiger partial charge < -0.3 is 15.8 Å². The zero-order valence-electron chi connectivity index (χ0n) is 11.9. The molecule has 2 fully saturated rings. The molecule has 2 heterocycles. The summed E-state index contributed by atoms with van der Waals surface area (Å²) in [4.78, 5) is 13.6. The Morgan fingerprint density at radius 2 is 2.16 bits per heavy atom. The summed E-state index contributed by atoms with van der Waals surface area (Å²) in [5.41, 5.74) is 5.44. The monoisotopic (exact) mass is 269 g/mol. The van der Waals surface area contributed by atoms with Crippen LogP contribution in [0.3, 0.4) is 0 Å². The highest BCUT2D eigenvalue weighted by molar-refractivity contribution is 5.79. The van der Waals surface area contributed by atoms with Gasteiger partial charge in [0.1, 0.15) is 0 Å². The average Bonchev–Trinajstić information content (AvgIpc) is 2.91. The first-order valence-electron chi connectivity index (χ1n) is 7.56. The van der Waals surface area contributed by atoms with E-state index in [4.69, 9.17) is 10.5 Å². The minimum absolute atomic E-state index is 0.0825. The summed E-state index contributed by atoms with van der Waals surface area (Å²) >= 11 is 0. The first-order chi connectivity index (χ1) is 9.20. The van der Waals surface area contributed by atoms with Gasteiger partial charge in [-0.15, -0.1) is 0 Å². The molecule has 0 aromatic heterocycles. The molecule has 3 N–H and O–H groups in total.